The number of aromatic amines is 1. The van der Waals surface area contributed by atoms with Crippen LogP contribution in [0.1, 0.15) is 47.4 Å². The molecule has 0 spiro atoms. The maximum atomic E-state index is 13.1. The molecule has 1 N–H and O–H groups in total. The topological polar surface area (TPSA) is 36.1 Å². The van der Waals surface area contributed by atoms with Gasteiger partial charge in [-0.1, -0.05) is 30.2 Å². The van der Waals surface area contributed by atoms with E-state index in [2.05, 4.69) is 16.9 Å². The number of Topliss-reactive ketones (excluding diaryl/α,β-unsaturated/α-hetero) is 1. The van der Waals surface area contributed by atoms with Crippen molar-refractivity contribution in [3.05, 3.63) is 46.2 Å². The highest BCUT2D eigenvalue weighted by Crippen LogP contribution is 2.32. The Hall–Kier alpha value is -1.58. The van der Waals surface area contributed by atoms with E-state index in [0.717, 1.165) is 41.0 Å². The fourth-order valence-corrected chi connectivity index (χ4v) is 3.95. The SMILES string of the molecule is Cc1[nH]c(C)c(-c2ccc(Cl)cc2)c1C(=O)CC1CCCCN1C. The fraction of sp³-hybridized carbons (Fsp3) is 0.450. The molecular formula is C20H25ClN2O. The summed E-state index contributed by atoms with van der Waals surface area (Å²) in [6.45, 7) is 5.11. The highest BCUT2D eigenvalue weighted by molar-refractivity contribution is 6.30. The summed E-state index contributed by atoms with van der Waals surface area (Å²) >= 11 is 6.01. The van der Waals surface area contributed by atoms with Crippen LogP contribution in [0.3, 0.4) is 0 Å². The molecule has 2 heterocycles. The first kappa shape index (κ1) is 17.2. The number of H-pyrrole nitrogens is 1. The molecule has 2 aromatic rings. The van der Waals surface area contributed by atoms with Gasteiger partial charge in [0.1, 0.15) is 0 Å². The third kappa shape index (κ3) is 3.42. The molecule has 1 aliphatic rings. The summed E-state index contributed by atoms with van der Waals surface area (Å²) in [7, 11) is 2.13. The van der Waals surface area contributed by atoms with Gasteiger partial charge in [-0.15, -0.1) is 0 Å². The van der Waals surface area contributed by atoms with E-state index < -0.39 is 0 Å². The Bertz CT molecular complexity index is 733. The van der Waals surface area contributed by atoms with Crippen molar-refractivity contribution >= 4 is 17.4 Å². The van der Waals surface area contributed by atoms with Crippen LogP contribution in [0.5, 0.6) is 0 Å². The van der Waals surface area contributed by atoms with Crippen molar-refractivity contribution in [2.75, 3.05) is 13.6 Å². The van der Waals surface area contributed by atoms with Crippen LogP contribution >= 0.6 is 11.6 Å². The van der Waals surface area contributed by atoms with E-state index in [0.29, 0.717) is 17.5 Å². The first-order valence-corrected chi connectivity index (χ1v) is 9.03. The van der Waals surface area contributed by atoms with Crippen molar-refractivity contribution in [3.63, 3.8) is 0 Å². The number of nitrogens with zero attached hydrogens (tertiary/aromatic N) is 1. The number of carbonyl (C=O) groups excluding carboxylic acids is 1. The molecule has 0 radical (unpaired) electrons. The van der Waals surface area contributed by atoms with Crippen molar-refractivity contribution in [1.29, 1.82) is 0 Å². The van der Waals surface area contributed by atoms with Crippen molar-refractivity contribution in [2.45, 2.75) is 45.6 Å². The van der Waals surface area contributed by atoms with Gasteiger partial charge < -0.3 is 9.88 Å². The molecule has 3 nitrogen and oxygen atoms in total. The van der Waals surface area contributed by atoms with Gasteiger partial charge in [-0.2, -0.15) is 0 Å². The molecule has 1 aromatic heterocycles. The predicted octanol–water partition coefficient (Wildman–Crippen LogP) is 5.01. The van der Waals surface area contributed by atoms with E-state index in [1.165, 1.54) is 12.8 Å². The monoisotopic (exact) mass is 344 g/mol. The summed E-state index contributed by atoms with van der Waals surface area (Å²) in [5, 5.41) is 0.709. The number of likely N-dealkylation sites (tertiary alicyclic amines) is 1. The minimum Gasteiger partial charge on any atom is -0.362 e. The fourth-order valence-electron chi connectivity index (χ4n) is 3.83. The first-order valence-electron chi connectivity index (χ1n) is 8.66. The number of halogens is 1. The van der Waals surface area contributed by atoms with Crippen molar-refractivity contribution in [1.82, 2.24) is 9.88 Å². The van der Waals surface area contributed by atoms with Crippen LogP contribution in [0.2, 0.25) is 5.02 Å². The Kier molecular flexibility index (Phi) is 5.12. The van der Waals surface area contributed by atoms with E-state index in [1.54, 1.807) is 0 Å². The van der Waals surface area contributed by atoms with Crippen LogP contribution in [0.15, 0.2) is 24.3 Å². The molecule has 128 valence electrons. The Balaban J connectivity index is 1.92. The van der Waals surface area contributed by atoms with Gasteiger partial charge in [-0.25, -0.2) is 0 Å². The maximum Gasteiger partial charge on any atom is 0.166 e. The zero-order chi connectivity index (χ0) is 17.3. The van der Waals surface area contributed by atoms with E-state index in [1.807, 2.05) is 38.1 Å². The van der Waals surface area contributed by atoms with Crippen LogP contribution in [-0.4, -0.2) is 35.3 Å². The van der Waals surface area contributed by atoms with Gasteiger partial charge in [0.05, 0.1) is 0 Å². The third-order valence-corrected chi connectivity index (χ3v) is 5.38. The zero-order valence-electron chi connectivity index (χ0n) is 14.7. The molecule has 1 saturated heterocycles. The van der Waals surface area contributed by atoms with Gasteiger partial charge in [0.15, 0.2) is 5.78 Å². The van der Waals surface area contributed by atoms with Crippen LogP contribution in [0, 0.1) is 13.8 Å². The second-order valence-electron chi connectivity index (χ2n) is 6.89. The molecule has 0 saturated carbocycles. The zero-order valence-corrected chi connectivity index (χ0v) is 15.4. The van der Waals surface area contributed by atoms with Gasteiger partial charge >= 0.3 is 0 Å². The van der Waals surface area contributed by atoms with Gasteiger partial charge in [-0.3, -0.25) is 4.79 Å². The minimum absolute atomic E-state index is 0.237. The van der Waals surface area contributed by atoms with Crippen LogP contribution < -0.4 is 0 Å². The quantitative estimate of drug-likeness (QED) is 0.791. The largest absolute Gasteiger partial charge is 0.362 e. The Morgan fingerprint density at radius 2 is 1.92 bits per heavy atom. The van der Waals surface area contributed by atoms with Crippen molar-refractivity contribution in [2.24, 2.45) is 0 Å². The number of hydrogen-bond acceptors (Lipinski definition) is 2. The third-order valence-electron chi connectivity index (χ3n) is 5.13. The predicted molar refractivity (Wildman–Crippen MR) is 99.9 cm³/mol. The lowest BCUT2D eigenvalue weighted by molar-refractivity contribution is 0.0906. The molecule has 24 heavy (non-hydrogen) atoms. The average Bonchev–Trinajstić information content (AvgIpc) is 2.85. The van der Waals surface area contributed by atoms with E-state index in [-0.39, 0.29) is 5.78 Å². The molecule has 0 aliphatic carbocycles. The second kappa shape index (κ2) is 7.12. The Morgan fingerprint density at radius 1 is 1.21 bits per heavy atom. The van der Waals surface area contributed by atoms with E-state index in [4.69, 9.17) is 11.6 Å². The van der Waals surface area contributed by atoms with Gasteiger partial charge in [0, 0.05) is 40.0 Å². The summed E-state index contributed by atoms with van der Waals surface area (Å²) in [4.78, 5) is 18.8. The highest BCUT2D eigenvalue weighted by Gasteiger charge is 2.26. The summed E-state index contributed by atoms with van der Waals surface area (Å²) in [5.74, 6) is 0.237. The number of carbonyl (C=O) groups is 1. The molecule has 1 unspecified atom stereocenters. The first-order chi connectivity index (χ1) is 11.5. The summed E-state index contributed by atoms with van der Waals surface area (Å²) in [6, 6.07) is 8.09. The number of aromatic nitrogens is 1. The van der Waals surface area contributed by atoms with Crippen LogP contribution in [-0.2, 0) is 0 Å². The molecule has 0 amide bonds. The standard InChI is InChI=1S/C20H25ClN2O/c1-13-19(15-7-9-16(21)10-8-15)20(14(2)22-13)18(24)12-17-6-4-5-11-23(17)3/h7-10,17,22H,4-6,11-12H2,1-3H3. The van der Waals surface area contributed by atoms with E-state index in [9.17, 15) is 4.79 Å². The Morgan fingerprint density at radius 3 is 2.58 bits per heavy atom. The molecule has 1 fully saturated rings. The maximum absolute atomic E-state index is 13.1. The molecule has 1 aliphatic heterocycles. The highest BCUT2D eigenvalue weighted by atomic mass is 35.5. The van der Waals surface area contributed by atoms with Crippen molar-refractivity contribution < 1.29 is 4.79 Å². The smallest absolute Gasteiger partial charge is 0.166 e. The van der Waals surface area contributed by atoms with Gasteiger partial charge in [-0.05, 0) is 58.0 Å². The summed E-state index contributed by atoms with van der Waals surface area (Å²) < 4.78 is 0. The molecule has 4 heteroatoms. The molecule has 1 aromatic carbocycles. The van der Waals surface area contributed by atoms with Gasteiger partial charge in [0.25, 0.3) is 0 Å². The lowest BCUT2D eigenvalue weighted by Gasteiger charge is -2.32. The number of ketones is 1. The molecule has 1 atom stereocenters. The lowest BCUT2D eigenvalue weighted by Crippen LogP contribution is -2.37. The molecule has 3 rings (SSSR count). The van der Waals surface area contributed by atoms with E-state index >= 15 is 0 Å². The average molecular weight is 345 g/mol. The van der Waals surface area contributed by atoms with Crippen LogP contribution in [0.25, 0.3) is 11.1 Å². The minimum atomic E-state index is 0.237. The number of hydrogen-bond donors (Lipinski definition) is 1. The lowest BCUT2D eigenvalue weighted by atomic mass is 9.92. The number of nitrogens with one attached hydrogen (secondary N) is 1. The van der Waals surface area contributed by atoms with Crippen LogP contribution in [0.4, 0.5) is 0 Å². The second-order valence-corrected chi connectivity index (χ2v) is 7.33. The molecular weight excluding hydrogens is 320 g/mol. The summed E-state index contributed by atoms with van der Waals surface area (Å²) in [5.41, 5.74) is 4.90. The normalized spacial score (nSPS) is 18.8. The Labute approximate surface area is 149 Å². The number of piperidine rings is 1. The number of aryl methyl sites for hydroxylation is 2. The molecule has 0 bridgehead atoms. The summed E-state index contributed by atoms with van der Waals surface area (Å²) in [6.07, 6.45) is 4.16. The van der Waals surface area contributed by atoms with Gasteiger partial charge in [0.2, 0.25) is 0 Å². The number of benzene rings is 1. The van der Waals surface area contributed by atoms with Crippen molar-refractivity contribution in [3.8, 4) is 11.1 Å². The number of rotatable bonds is 4.